The maximum atomic E-state index is 12.0. The minimum Gasteiger partial charge on any atom is -0.354 e. The summed E-state index contributed by atoms with van der Waals surface area (Å²) in [6.45, 7) is 4.32. The van der Waals surface area contributed by atoms with Crippen molar-refractivity contribution in [3.05, 3.63) is 36.2 Å². The Labute approximate surface area is 119 Å². The van der Waals surface area contributed by atoms with E-state index in [1.807, 2.05) is 22.6 Å². The average molecular weight is 275 g/mol. The van der Waals surface area contributed by atoms with E-state index in [1.54, 1.807) is 13.1 Å². The molecule has 2 amide bonds. The Morgan fingerprint density at radius 1 is 1.40 bits per heavy atom. The fourth-order valence-corrected chi connectivity index (χ4v) is 2.84. The molecule has 1 aliphatic rings. The lowest BCUT2D eigenvalue weighted by atomic mass is 9.99. The molecule has 5 nitrogen and oxygen atoms in total. The van der Waals surface area contributed by atoms with Crippen molar-refractivity contribution in [1.29, 1.82) is 0 Å². The normalized spacial score (nSPS) is 18.7. The van der Waals surface area contributed by atoms with Crippen molar-refractivity contribution in [3.8, 4) is 0 Å². The molecule has 1 saturated heterocycles. The first-order valence-corrected chi connectivity index (χ1v) is 6.91. The van der Waals surface area contributed by atoms with E-state index >= 15 is 0 Å². The Kier molecular flexibility index (Phi) is 4.27. The number of likely N-dealkylation sites (tertiary alicyclic amines) is 1. The van der Waals surface area contributed by atoms with Gasteiger partial charge in [-0.25, -0.2) is 0 Å². The summed E-state index contributed by atoms with van der Waals surface area (Å²) in [7, 11) is 3.48. The van der Waals surface area contributed by atoms with Crippen LogP contribution in [0.3, 0.4) is 0 Å². The van der Waals surface area contributed by atoms with E-state index in [0.717, 1.165) is 31.5 Å². The molecule has 0 bridgehead atoms. The molecule has 0 unspecified atom stereocenters. The van der Waals surface area contributed by atoms with E-state index < -0.39 is 0 Å². The van der Waals surface area contributed by atoms with Crippen molar-refractivity contribution in [2.24, 2.45) is 7.05 Å². The summed E-state index contributed by atoms with van der Waals surface area (Å²) < 4.78 is 1.87. The van der Waals surface area contributed by atoms with Gasteiger partial charge < -0.3 is 14.8 Å². The van der Waals surface area contributed by atoms with Crippen LogP contribution in [0, 0.1) is 0 Å². The number of nitrogens with one attached hydrogen (secondary N) is 1. The highest BCUT2D eigenvalue weighted by atomic mass is 16.2. The average Bonchev–Trinajstić information content (AvgIpc) is 2.87. The maximum absolute atomic E-state index is 12.0. The molecular weight excluding hydrogens is 254 g/mol. The van der Waals surface area contributed by atoms with Gasteiger partial charge in [0, 0.05) is 26.3 Å². The zero-order chi connectivity index (χ0) is 14.7. The molecule has 1 aliphatic heterocycles. The Hall–Kier alpha value is -2.04. The standard InChI is InChI=1S/C15H21N3O2/c1-4-14(19)18-10-6-5-7-12(18)11-8-9-13(17(11)3)15(20)16-2/h4,8-9,12H,1,5-7,10H2,2-3H3,(H,16,20)/t12-/m0/s1. The zero-order valence-corrected chi connectivity index (χ0v) is 12.1. The molecular formula is C15H21N3O2. The minimum absolute atomic E-state index is 0.0256. The second-order valence-electron chi connectivity index (χ2n) is 5.03. The van der Waals surface area contributed by atoms with Crippen molar-refractivity contribution < 1.29 is 9.59 Å². The largest absolute Gasteiger partial charge is 0.354 e. The van der Waals surface area contributed by atoms with Crippen LogP contribution in [0.2, 0.25) is 0 Å². The molecule has 2 heterocycles. The van der Waals surface area contributed by atoms with Crippen molar-refractivity contribution in [2.45, 2.75) is 25.3 Å². The summed E-state index contributed by atoms with van der Waals surface area (Å²) >= 11 is 0. The Balaban J connectivity index is 2.33. The van der Waals surface area contributed by atoms with Gasteiger partial charge in [0.2, 0.25) is 5.91 Å². The first kappa shape index (κ1) is 14.4. The molecule has 20 heavy (non-hydrogen) atoms. The summed E-state index contributed by atoms with van der Waals surface area (Å²) in [6.07, 6.45) is 4.39. The summed E-state index contributed by atoms with van der Waals surface area (Å²) in [5, 5.41) is 2.63. The van der Waals surface area contributed by atoms with Crippen molar-refractivity contribution in [2.75, 3.05) is 13.6 Å². The Bertz CT molecular complexity index is 533. The van der Waals surface area contributed by atoms with Crippen molar-refractivity contribution in [3.63, 3.8) is 0 Å². The van der Waals surface area contributed by atoms with Crippen LogP contribution in [0.5, 0.6) is 0 Å². The van der Waals surface area contributed by atoms with Gasteiger partial charge in [0.1, 0.15) is 5.69 Å². The first-order valence-electron chi connectivity index (χ1n) is 6.91. The van der Waals surface area contributed by atoms with E-state index in [4.69, 9.17) is 0 Å². The van der Waals surface area contributed by atoms with E-state index in [9.17, 15) is 9.59 Å². The molecule has 108 valence electrons. The van der Waals surface area contributed by atoms with E-state index in [1.165, 1.54) is 6.08 Å². The van der Waals surface area contributed by atoms with Crippen LogP contribution in [0.1, 0.15) is 41.5 Å². The molecule has 5 heteroatoms. The lowest BCUT2D eigenvalue weighted by Crippen LogP contribution is -2.38. The molecule has 1 atom stereocenters. The van der Waals surface area contributed by atoms with Crippen LogP contribution >= 0.6 is 0 Å². The Morgan fingerprint density at radius 2 is 2.15 bits per heavy atom. The summed E-state index contributed by atoms with van der Waals surface area (Å²) in [5.74, 6) is -0.159. The molecule has 0 radical (unpaired) electrons. The number of amides is 2. The number of rotatable bonds is 3. The third-order valence-corrected chi connectivity index (χ3v) is 3.92. The molecule has 0 aromatic carbocycles. The summed E-state index contributed by atoms with van der Waals surface area (Å²) in [6, 6.07) is 3.76. The number of hydrogen-bond donors (Lipinski definition) is 1. The van der Waals surface area contributed by atoms with Crippen molar-refractivity contribution >= 4 is 11.8 Å². The van der Waals surface area contributed by atoms with E-state index in [0.29, 0.717) is 5.69 Å². The number of hydrogen-bond acceptors (Lipinski definition) is 2. The second-order valence-corrected chi connectivity index (χ2v) is 5.03. The van der Waals surface area contributed by atoms with Gasteiger partial charge in [-0.3, -0.25) is 9.59 Å². The summed E-state index contributed by atoms with van der Waals surface area (Å²) in [4.78, 5) is 25.6. The number of carbonyl (C=O) groups excluding carboxylic acids is 2. The van der Waals surface area contributed by atoms with Gasteiger partial charge in [0.15, 0.2) is 0 Å². The van der Waals surface area contributed by atoms with Crippen molar-refractivity contribution in [1.82, 2.24) is 14.8 Å². The molecule has 2 rings (SSSR count). The lowest BCUT2D eigenvalue weighted by Gasteiger charge is -2.35. The van der Waals surface area contributed by atoms with Gasteiger partial charge in [-0.1, -0.05) is 6.58 Å². The predicted octanol–water partition coefficient (Wildman–Crippen LogP) is 1.62. The van der Waals surface area contributed by atoms with Gasteiger partial charge in [0.25, 0.3) is 5.91 Å². The highest BCUT2D eigenvalue weighted by Crippen LogP contribution is 2.31. The van der Waals surface area contributed by atoms with Gasteiger partial charge >= 0.3 is 0 Å². The van der Waals surface area contributed by atoms with E-state index in [-0.39, 0.29) is 17.9 Å². The summed E-state index contributed by atoms with van der Waals surface area (Å²) in [5.41, 5.74) is 1.61. The second kappa shape index (κ2) is 5.94. The SMILES string of the molecule is C=CC(=O)N1CCCC[C@H]1c1ccc(C(=O)NC)n1C. The highest BCUT2D eigenvalue weighted by Gasteiger charge is 2.29. The maximum Gasteiger partial charge on any atom is 0.267 e. The van der Waals surface area contributed by atoms with Crippen LogP contribution < -0.4 is 5.32 Å². The Morgan fingerprint density at radius 3 is 2.80 bits per heavy atom. The topological polar surface area (TPSA) is 54.3 Å². The number of aromatic nitrogens is 1. The minimum atomic E-state index is -0.115. The zero-order valence-electron chi connectivity index (χ0n) is 12.1. The molecule has 1 aromatic rings. The predicted molar refractivity (Wildman–Crippen MR) is 77.3 cm³/mol. The van der Waals surface area contributed by atoms with E-state index in [2.05, 4.69) is 11.9 Å². The highest BCUT2D eigenvalue weighted by molar-refractivity contribution is 5.92. The molecule has 0 spiro atoms. The van der Waals surface area contributed by atoms with Crippen LogP contribution in [0.25, 0.3) is 0 Å². The van der Waals surface area contributed by atoms with Crippen LogP contribution in [0.15, 0.2) is 24.8 Å². The number of carbonyl (C=O) groups is 2. The fraction of sp³-hybridized carbons (Fsp3) is 0.467. The smallest absolute Gasteiger partial charge is 0.267 e. The number of nitrogens with zero attached hydrogens (tertiary/aromatic N) is 2. The number of piperidine rings is 1. The molecule has 0 aliphatic carbocycles. The first-order chi connectivity index (χ1) is 9.60. The molecule has 1 fully saturated rings. The van der Waals surface area contributed by atoms with Crippen LogP contribution in [0.4, 0.5) is 0 Å². The molecule has 1 N–H and O–H groups in total. The third kappa shape index (κ3) is 2.48. The lowest BCUT2D eigenvalue weighted by molar-refractivity contribution is -0.129. The molecule has 0 saturated carbocycles. The van der Waals surface area contributed by atoms with Gasteiger partial charge in [0.05, 0.1) is 6.04 Å². The molecule has 1 aromatic heterocycles. The quantitative estimate of drug-likeness (QED) is 0.852. The van der Waals surface area contributed by atoms with Gasteiger partial charge in [-0.2, -0.15) is 0 Å². The fourth-order valence-electron chi connectivity index (χ4n) is 2.84. The monoisotopic (exact) mass is 275 g/mol. The third-order valence-electron chi connectivity index (χ3n) is 3.92. The van der Waals surface area contributed by atoms with Gasteiger partial charge in [-0.05, 0) is 37.5 Å². The van der Waals surface area contributed by atoms with Crippen LogP contribution in [-0.4, -0.2) is 34.9 Å². The van der Waals surface area contributed by atoms with Crippen LogP contribution in [-0.2, 0) is 11.8 Å². The van der Waals surface area contributed by atoms with Gasteiger partial charge in [-0.15, -0.1) is 0 Å².